The number of carbonyl (C=O) groups is 2. The fourth-order valence-corrected chi connectivity index (χ4v) is 1.43. The zero-order valence-corrected chi connectivity index (χ0v) is 10.9. The van der Waals surface area contributed by atoms with Crippen molar-refractivity contribution in [2.75, 3.05) is 12.4 Å². The number of carbonyl (C=O) groups excluding carboxylic acids is 2. The molecule has 4 N–H and O–H groups in total. The molecule has 0 spiro atoms. The van der Waals surface area contributed by atoms with Gasteiger partial charge in [0.2, 0.25) is 5.91 Å². The Labute approximate surface area is 114 Å². The Kier molecular flexibility index (Phi) is 4.84. The highest BCUT2D eigenvalue weighted by Crippen LogP contribution is 2.28. The van der Waals surface area contributed by atoms with Crippen LogP contribution >= 0.6 is 0 Å². The number of hydrogen-bond donors (Lipinski definition) is 3. The Morgan fingerprint density at radius 2 is 2.10 bits per heavy atom. The van der Waals surface area contributed by atoms with Crippen LogP contribution in [0, 0.1) is 10.1 Å². The number of nitro benzene ring substituents is 1. The van der Waals surface area contributed by atoms with Crippen molar-refractivity contribution < 1.29 is 19.2 Å². The molecular weight excluding hydrogens is 268 g/mol. The Hall–Kier alpha value is -2.84. The van der Waals surface area contributed by atoms with Crippen LogP contribution in [-0.4, -0.2) is 30.0 Å². The number of nitrogens with one attached hydrogen (secondary N) is 2. The summed E-state index contributed by atoms with van der Waals surface area (Å²) < 4.78 is 4.99. The molecule has 0 saturated carbocycles. The lowest BCUT2D eigenvalue weighted by molar-refractivity contribution is -0.384. The molecule has 0 aliphatic heterocycles. The Morgan fingerprint density at radius 1 is 1.45 bits per heavy atom. The maximum absolute atomic E-state index is 11.8. The molecular formula is C11H14N4O5. The van der Waals surface area contributed by atoms with Crippen molar-refractivity contribution in [2.45, 2.75) is 13.0 Å². The first-order valence-corrected chi connectivity index (χ1v) is 5.54. The molecule has 0 saturated heterocycles. The van der Waals surface area contributed by atoms with E-state index in [1.165, 1.54) is 26.2 Å². The molecule has 0 bridgehead atoms. The van der Waals surface area contributed by atoms with E-state index in [-0.39, 0.29) is 17.1 Å². The van der Waals surface area contributed by atoms with Gasteiger partial charge < -0.3 is 21.1 Å². The van der Waals surface area contributed by atoms with Gasteiger partial charge in [0, 0.05) is 12.1 Å². The summed E-state index contributed by atoms with van der Waals surface area (Å²) in [5.41, 5.74) is 4.83. The maximum atomic E-state index is 11.8. The second kappa shape index (κ2) is 6.36. The lowest BCUT2D eigenvalue weighted by Gasteiger charge is -2.14. The van der Waals surface area contributed by atoms with Crippen LogP contribution in [0.5, 0.6) is 5.75 Å². The van der Waals surface area contributed by atoms with Gasteiger partial charge in [-0.15, -0.1) is 0 Å². The van der Waals surface area contributed by atoms with Gasteiger partial charge in [-0.05, 0) is 13.0 Å². The van der Waals surface area contributed by atoms with E-state index in [4.69, 9.17) is 10.5 Å². The SMILES string of the molecule is COc1ccc([N+](=O)[O-])cc1NC(=O)C(C)NC(N)=O. The van der Waals surface area contributed by atoms with E-state index in [2.05, 4.69) is 10.6 Å². The summed E-state index contributed by atoms with van der Waals surface area (Å²) in [6, 6.07) is 2.03. The van der Waals surface area contributed by atoms with Gasteiger partial charge >= 0.3 is 6.03 Å². The first-order valence-electron chi connectivity index (χ1n) is 5.54. The fourth-order valence-electron chi connectivity index (χ4n) is 1.43. The number of nitrogens with zero attached hydrogens (tertiary/aromatic N) is 1. The number of hydrogen-bond acceptors (Lipinski definition) is 5. The average molecular weight is 282 g/mol. The first kappa shape index (κ1) is 15.2. The summed E-state index contributed by atoms with van der Waals surface area (Å²) in [5, 5.41) is 15.3. The predicted molar refractivity (Wildman–Crippen MR) is 70.5 cm³/mol. The summed E-state index contributed by atoms with van der Waals surface area (Å²) in [6.07, 6.45) is 0. The Morgan fingerprint density at radius 3 is 2.60 bits per heavy atom. The quantitative estimate of drug-likeness (QED) is 0.536. The molecule has 108 valence electrons. The van der Waals surface area contributed by atoms with Gasteiger partial charge in [-0.1, -0.05) is 0 Å². The number of rotatable bonds is 5. The Balaban J connectivity index is 2.94. The highest BCUT2D eigenvalue weighted by Gasteiger charge is 2.18. The van der Waals surface area contributed by atoms with Gasteiger partial charge in [0.15, 0.2) is 0 Å². The minimum atomic E-state index is -0.892. The summed E-state index contributed by atoms with van der Waals surface area (Å²) in [7, 11) is 1.36. The van der Waals surface area contributed by atoms with Crippen molar-refractivity contribution >= 4 is 23.3 Å². The van der Waals surface area contributed by atoms with Crippen molar-refractivity contribution in [3.8, 4) is 5.75 Å². The summed E-state index contributed by atoms with van der Waals surface area (Å²) in [6.45, 7) is 1.42. The van der Waals surface area contributed by atoms with E-state index in [9.17, 15) is 19.7 Å². The molecule has 0 aliphatic carbocycles. The van der Waals surface area contributed by atoms with Crippen LogP contribution in [0.2, 0.25) is 0 Å². The third-order valence-corrected chi connectivity index (χ3v) is 2.40. The number of nitro groups is 1. The number of benzene rings is 1. The van der Waals surface area contributed by atoms with Crippen molar-refractivity contribution in [3.05, 3.63) is 28.3 Å². The summed E-state index contributed by atoms with van der Waals surface area (Å²) in [5.74, 6) is -0.321. The number of amides is 3. The van der Waals surface area contributed by atoms with Crippen LogP contribution in [0.15, 0.2) is 18.2 Å². The molecule has 3 amide bonds. The van der Waals surface area contributed by atoms with Crippen LogP contribution in [0.3, 0.4) is 0 Å². The van der Waals surface area contributed by atoms with E-state index in [0.717, 1.165) is 6.07 Å². The number of methoxy groups -OCH3 is 1. The third-order valence-electron chi connectivity index (χ3n) is 2.40. The van der Waals surface area contributed by atoms with Crippen molar-refractivity contribution in [1.29, 1.82) is 0 Å². The van der Waals surface area contributed by atoms with Gasteiger partial charge in [0.05, 0.1) is 17.7 Å². The molecule has 1 unspecified atom stereocenters. The number of non-ortho nitro benzene ring substituents is 1. The van der Waals surface area contributed by atoms with E-state index in [1.807, 2.05) is 0 Å². The smallest absolute Gasteiger partial charge is 0.312 e. The van der Waals surface area contributed by atoms with Crippen LogP contribution in [0.4, 0.5) is 16.2 Å². The lowest BCUT2D eigenvalue weighted by Crippen LogP contribution is -2.44. The highest BCUT2D eigenvalue weighted by molar-refractivity contribution is 5.97. The first-order chi connectivity index (χ1) is 9.35. The number of primary amides is 1. The van der Waals surface area contributed by atoms with E-state index >= 15 is 0 Å². The number of nitrogens with two attached hydrogens (primary N) is 1. The molecule has 9 heteroatoms. The predicted octanol–water partition coefficient (Wildman–Crippen LogP) is 0.599. The van der Waals surface area contributed by atoms with Crippen molar-refractivity contribution in [2.24, 2.45) is 5.73 Å². The maximum Gasteiger partial charge on any atom is 0.312 e. The molecule has 1 aromatic carbocycles. The number of urea groups is 1. The average Bonchev–Trinajstić information content (AvgIpc) is 2.37. The standard InChI is InChI=1S/C11H14N4O5/c1-6(13-11(12)17)10(16)14-8-5-7(15(18)19)3-4-9(8)20-2/h3-6H,1-2H3,(H,14,16)(H3,12,13,17). The molecule has 0 aliphatic rings. The van der Waals surface area contributed by atoms with Crippen LogP contribution in [0.25, 0.3) is 0 Å². The van der Waals surface area contributed by atoms with Crippen molar-refractivity contribution in [1.82, 2.24) is 5.32 Å². The minimum Gasteiger partial charge on any atom is -0.495 e. The van der Waals surface area contributed by atoms with Crippen LogP contribution in [-0.2, 0) is 4.79 Å². The van der Waals surface area contributed by atoms with E-state index in [0.29, 0.717) is 0 Å². The number of anilines is 1. The lowest BCUT2D eigenvalue weighted by atomic mass is 10.2. The fraction of sp³-hybridized carbons (Fsp3) is 0.273. The van der Waals surface area contributed by atoms with Gasteiger partial charge in [-0.25, -0.2) is 4.79 Å². The number of ether oxygens (including phenoxy) is 1. The van der Waals surface area contributed by atoms with Crippen LogP contribution in [0.1, 0.15) is 6.92 Å². The highest BCUT2D eigenvalue weighted by atomic mass is 16.6. The minimum absolute atomic E-state index is 0.129. The summed E-state index contributed by atoms with van der Waals surface area (Å²) in [4.78, 5) is 32.5. The second-order valence-corrected chi connectivity index (χ2v) is 3.86. The zero-order valence-electron chi connectivity index (χ0n) is 10.9. The van der Waals surface area contributed by atoms with Gasteiger partial charge in [-0.2, -0.15) is 0 Å². The molecule has 9 nitrogen and oxygen atoms in total. The van der Waals surface area contributed by atoms with Crippen molar-refractivity contribution in [3.63, 3.8) is 0 Å². The molecule has 0 heterocycles. The van der Waals surface area contributed by atoms with E-state index in [1.54, 1.807) is 0 Å². The van der Waals surface area contributed by atoms with Crippen LogP contribution < -0.4 is 21.1 Å². The normalized spacial score (nSPS) is 11.3. The molecule has 1 rings (SSSR count). The monoisotopic (exact) mass is 282 g/mol. The molecule has 0 aromatic heterocycles. The van der Waals surface area contributed by atoms with E-state index < -0.39 is 22.9 Å². The molecule has 1 atom stereocenters. The summed E-state index contributed by atoms with van der Waals surface area (Å²) >= 11 is 0. The molecule has 0 radical (unpaired) electrons. The molecule has 0 fully saturated rings. The third kappa shape index (κ3) is 3.83. The second-order valence-electron chi connectivity index (χ2n) is 3.86. The Bertz CT molecular complexity index is 546. The van der Waals surface area contributed by atoms with Gasteiger partial charge in [-0.3, -0.25) is 14.9 Å². The molecule has 1 aromatic rings. The topological polar surface area (TPSA) is 137 Å². The zero-order chi connectivity index (χ0) is 15.3. The largest absolute Gasteiger partial charge is 0.495 e. The van der Waals surface area contributed by atoms with Gasteiger partial charge in [0.1, 0.15) is 11.8 Å². The van der Waals surface area contributed by atoms with Gasteiger partial charge in [0.25, 0.3) is 5.69 Å². The molecule has 20 heavy (non-hydrogen) atoms.